The lowest BCUT2D eigenvalue weighted by atomic mass is 9.53. The Bertz CT molecular complexity index is 520. The molecule has 0 aliphatic heterocycles. The first kappa shape index (κ1) is 13.1. The molecule has 5 rings (SSSR count). The summed E-state index contributed by atoms with van der Waals surface area (Å²) in [6, 6.07) is 0. The van der Waals surface area contributed by atoms with Crippen LogP contribution in [0.25, 0.3) is 0 Å². The third kappa shape index (κ3) is 2.30. The van der Waals surface area contributed by atoms with E-state index < -0.39 is 0 Å². The highest BCUT2D eigenvalue weighted by atomic mass is 15.3. The lowest BCUT2D eigenvalue weighted by Gasteiger charge is -2.56. The fourth-order valence-corrected chi connectivity index (χ4v) is 5.14. The van der Waals surface area contributed by atoms with E-state index in [1.807, 2.05) is 19.0 Å². The Morgan fingerprint density at radius 1 is 1.00 bits per heavy atom. The van der Waals surface area contributed by atoms with Crippen molar-refractivity contribution in [2.75, 3.05) is 30.0 Å². The summed E-state index contributed by atoms with van der Waals surface area (Å²) in [4.78, 5) is 14.9. The summed E-state index contributed by atoms with van der Waals surface area (Å²) in [5, 5.41) is 3.65. The van der Waals surface area contributed by atoms with Gasteiger partial charge in [0.2, 0.25) is 17.8 Å². The smallest absolute Gasteiger partial charge is 0.231 e. The number of nitrogens with one attached hydrogen (secondary N) is 1. The summed E-state index contributed by atoms with van der Waals surface area (Å²) < 4.78 is 0. The molecule has 6 nitrogen and oxygen atoms in total. The van der Waals surface area contributed by atoms with Crippen molar-refractivity contribution >= 4 is 17.8 Å². The quantitative estimate of drug-likeness (QED) is 0.884. The van der Waals surface area contributed by atoms with Crippen LogP contribution >= 0.6 is 0 Å². The fourth-order valence-electron chi connectivity index (χ4n) is 5.14. The Morgan fingerprint density at radius 2 is 1.57 bits per heavy atom. The van der Waals surface area contributed by atoms with Crippen LogP contribution in [0.2, 0.25) is 0 Å². The van der Waals surface area contributed by atoms with Gasteiger partial charge in [-0.3, -0.25) is 0 Å². The molecule has 0 unspecified atom stereocenters. The number of nitrogens with zero attached hydrogens (tertiary/aromatic N) is 4. The van der Waals surface area contributed by atoms with Gasteiger partial charge in [0, 0.05) is 19.6 Å². The molecule has 1 aromatic rings. The van der Waals surface area contributed by atoms with E-state index in [2.05, 4.69) is 20.3 Å². The maximum Gasteiger partial charge on any atom is 0.231 e. The molecule has 114 valence electrons. The largest absolute Gasteiger partial charge is 0.368 e. The minimum absolute atomic E-state index is 0.201. The average molecular weight is 288 g/mol. The first-order valence-corrected chi connectivity index (χ1v) is 7.98. The fraction of sp³-hybridized carbons (Fsp3) is 0.800. The Kier molecular flexibility index (Phi) is 2.78. The van der Waals surface area contributed by atoms with Crippen LogP contribution in [0.15, 0.2) is 0 Å². The van der Waals surface area contributed by atoms with Gasteiger partial charge < -0.3 is 16.0 Å². The molecular formula is C15H24N6. The zero-order valence-corrected chi connectivity index (χ0v) is 12.8. The van der Waals surface area contributed by atoms with E-state index in [0.717, 1.165) is 17.8 Å². The van der Waals surface area contributed by atoms with E-state index in [-0.39, 0.29) is 5.54 Å². The Balaban J connectivity index is 1.61. The highest BCUT2D eigenvalue weighted by Gasteiger charge is 2.51. The van der Waals surface area contributed by atoms with Crippen molar-refractivity contribution in [3.05, 3.63) is 0 Å². The maximum atomic E-state index is 5.84. The number of rotatable bonds is 3. The summed E-state index contributed by atoms with van der Waals surface area (Å²) >= 11 is 0. The molecule has 1 aromatic heterocycles. The number of aromatic nitrogens is 3. The summed E-state index contributed by atoms with van der Waals surface area (Å²) in [6.45, 7) is 0. The standard InChI is InChI=1S/C15H24N6/c1-21(2)14-18-12(16)17-13(19-14)20-15-6-9-3-10(7-15)5-11(4-9)8-15/h9-11H,3-8H2,1-2H3,(H3,16,17,18,19,20). The number of nitrogens with two attached hydrogens (primary N) is 1. The zero-order chi connectivity index (χ0) is 14.6. The van der Waals surface area contributed by atoms with Gasteiger partial charge >= 0.3 is 0 Å². The topological polar surface area (TPSA) is 80.0 Å². The molecule has 21 heavy (non-hydrogen) atoms. The van der Waals surface area contributed by atoms with Crippen LogP contribution in [0.4, 0.5) is 17.8 Å². The number of nitrogen functional groups attached to an aromatic ring is 1. The molecule has 0 saturated heterocycles. The van der Waals surface area contributed by atoms with Crippen LogP contribution < -0.4 is 16.0 Å². The normalized spacial score (nSPS) is 36.8. The van der Waals surface area contributed by atoms with E-state index in [0.29, 0.717) is 17.8 Å². The summed E-state index contributed by atoms with van der Waals surface area (Å²) in [5.41, 5.74) is 6.04. The molecular weight excluding hydrogens is 264 g/mol. The lowest BCUT2D eigenvalue weighted by molar-refractivity contribution is 0.0103. The predicted molar refractivity (Wildman–Crippen MR) is 83.1 cm³/mol. The molecule has 3 N–H and O–H groups in total. The molecule has 0 spiro atoms. The van der Waals surface area contributed by atoms with Crippen molar-refractivity contribution in [3.8, 4) is 0 Å². The van der Waals surface area contributed by atoms with Gasteiger partial charge in [0.1, 0.15) is 0 Å². The second kappa shape index (κ2) is 4.45. The lowest BCUT2D eigenvalue weighted by Crippen LogP contribution is -2.55. The van der Waals surface area contributed by atoms with Crippen LogP contribution in [0, 0.1) is 17.8 Å². The van der Waals surface area contributed by atoms with Gasteiger partial charge in [-0.05, 0) is 56.3 Å². The first-order valence-electron chi connectivity index (χ1n) is 7.98. The van der Waals surface area contributed by atoms with Crippen molar-refractivity contribution in [2.24, 2.45) is 17.8 Å². The van der Waals surface area contributed by atoms with Gasteiger partial charge in [-0.25, -0.2) is 0 Å². The third-order valence-electron chi connectivity index (χ3n) is 5.46. The predicted octanol–water partition coefficient (Wildman–Crippen LogP) is 1.90. The Hall–Kier alpha value is -1.59. The molecule has 4 aliphatic rings. The van der Waals surface area contributed by atoms with E-state index in [4.69, 9.17) is 5.73 Å². The zero-order valence-electron chi connectivity index (χ0n) is 12.8. The number of hydrogen-bond donors (Lipinski definition) is 2. The van der Waals surface area contributed by atoms with E-state index in [1.165, 1.54) is 38.5 Å². The van der Waals surface area contributed by atoms with Crippen LogP contribution in [-0.4, -0.2) is 34.6 Å². The van der Waals surface area contributed by atoms with Gasteiger partial charge in [-0.15, -0.1) is 0 Å². The Morgan fingerprint density at radius 3 is 2.10 bits per heavy atom. The molecule has 4 fully saturated rings. The number of anilines is 3. The second-order valence-corrected chi connectivity index (χ2v) is 7.53. The number of hydrogen-bond acceptors (Lipinski definition) is 6. The molecule has 4 aliphatic carbocycles. The monoisotopic (exact) mass is 288 g/mol. The highest BCUT2D eigenvalue weighted by molar-refractivity contribution is 5.43. The van der Waals surface area contributed by atoms with E-state index in [1.54, 1.807) is 0 Å². The van der Waals surface area contributed by atoms with Gasteiger partial charge in [-0.1, -0.05) is 0 Å². The molecule has 4 bridgehead atoms. The van der Waals surface area contributed by atoms with Crippen molar-refractivity contribution in [1.82, 2.24) is 15.0 Å². The maximum absolute atomic E-state index is 5.84. The van der Waals surface area contributed by atoms with Gasteiger partial charge in [0.25, 0.3) is 0 Å². The van der Waals surface area contributed by atoms with Gasteiger partial charge in [-0.2, -0.15) is 15.0 Å². The van der Waals surface area contributed by atoms with Crippen molar-refractivity contribution < 1.29 is 0 Å². The minimum Gasteiger partial charge on any atom is -0.368 e. The first-order chi connectivity index (χ1) is 10.0. The van der Waals surface area contributed by atoms with Crippen molar-refractivity contribution in [3.63, 3.8) is 0 Å². The van der Waals surface area contributed by atoms with E-state index >= 15 is 0 Å². The molecule has 6 heteroatoms. The molecule has 0 aromatic carbocycles. The second-order valence-electron chi connectivity index (χ2n) is 7.53. The third-order valence-corrected chi connectivity index (χ3v) is 5.46. The average Bonchev–Trinajstić information content (AvgIpc) is 2.35. The Labute approximate surface area is 125 Å². The van der Waals surface area contributed by atoms with Crippen molar-refractivity contribution in [1.29, 1.82) is 0 Å². The SMILES string of the molecule is CN(C)c1nc(N)nc(NC23CC4CC(CC(C4)C2)C3)n1. The van der Waals surface area contributed by atoms with Gasteiger partial charge in [0.15, 0.2) is 0 Å². The summed E-state index contributed by atoms with van der Waals surface area (Å²) in [7, 11) is 3.84. The van der Waals surface area contributed by atoms with E-state index in [9.17, 15) is 0 Å². The van der Waals surface area contributed by atoms with Crippen LogP contribution in [0.5, 0.6) is 0 Å². The van der Waals surface area contributed by atoms with Gasteiger partial charge in [0.05, 0.1) is 0 Å². The highest BCUT2D eigenvalue weighted by Crippen LogP contribution is 2.56. The molecule has 0 amide bonds. The summed E-state index contributed by atoms with van der Waals surface area (Å²) in [5.74, 6) is 4.26. The molecule has 1 heterocycles. The summed E-state index contributed by atoms with van der Waals surface area (Å²) in [6.07, 6.45) is 8.10. The molecule has 0 atom stereocenters. The van der Waals surface area contributed by atoms with Crippen LogP contribution in [0.1, 0.15) is 38.5 Å². The van der Waals surface area contributed by atoms with Crippen LogP contribution in [-0.2, 0) is 0 Å². The van der Waals surface area contributed by atoms with Crippen molar-refractivity contribution in [2.45, 2.75) is 44.1 Å². The minimum atomic E-state index is 0.201. The van der Waals surface area contributed by atoms with Crippen LogP contribution in [0.3, 0.4) is 0 Å². The molecule has 0 radical (unpaired) electrons. The molecule has 4 saturated carbocycles.